The topological polar surface area (TPSA) is 83.8 Å². The number of hydrogen-bond acceptors (Lipinski definition) is 7. The molecular weight excluding hydrogens is 462 g/mol. The van der Waals surface area contributed by atoms with Gasteiger partial charge in [0.1, 0.15) is 22.9 Å². The molecule has 36 heavy (non-hydrogen) atoms. The summed E-state index contributed by atoms with van der Waals surface area (Å²) < 4.78 is 31.6. The summed E-state index contributed by atoms with van der Waals surface area (Å²) in [7, 11) is 0. The second-order valence-corrected chi connectivity index (χ2v) is 9.61. The predicted octanol–water partition coefficient (Wildman–Crippen LogP) is 4.59. The number of nitrogens with one attached hydrogen (secondary N) is 2. The number of nitrogens with zero attached hydrogens (tertiary/aromatic N) is 6. The van der Waals surface area contributed by atoms with Gasteiger partial charge in [-0.15, -0.1) is 0 Å². The Balaban J connectivity index is 1.38. The van der Waals surface area contributed by atoms with Crippen LogP contribution in [0, 0.1) is 18.6 Å². The highest BCUT2D eigenvalue weighted by molar-refractivity contribution is 5.83. The van der Waals surface area contributed by atoms with Gasteiger partial charge in [-0.2, -0.15) is 0 Å². The Kier molecular flexibility index (Phi) is 6.63. The van der Waals surface area contributed by atoms with Crippen molar-refractivity contribution < 1.29 is 8.78 Å². The van der Waals surface area contributed by atoms with Crippen molar-refractivity contribution in [2.75, 3.05) is 25.0 Å². The molecule has 1 aromatic carbocycles. The van der Waals surface area contributed by atoms with Crippen molar-refractivity contribution in [2.45, 2.75) is 46.3 Å². The van der Waals surface area contributed by atoms with Crippen molar-refractivity contribution >= 4 is 22.8 Å². The maximum atomic E-state index is 14.9. The molecule has 4 heterocycles. The molecule has 0 amide bonds. The monoisotopic (exact) mass is 492 g/mol. The van der Waals surface area contributed by atoms with Crippen LogP contribution in [0.4, 0.5) is 20.5 Å². The van der Waals surface area contributed by atoms with Crippen LogP contribution in [0.15, 0.2) is 36.7 Å². The van der Waals surface area contributed by atoms with Crippen LogP contribution in [-0.2, 0) is 6.54 Å². The van der Waals surface area contributed by atoms with Crippen LogP contribution in [0.2, 0.25) is 0 Å². The number of hydrogen-bond donors (Lipinski definition) is 2. The fourth-order valence-electron chi connectivity index (χ4n) is 4.81. The van der Waals surface area contributed by atoms with Gasteiger partial charge in [0.15, 0.2) is 11.6 Å². The Labute approximate surface area is 208 Å². The normalized spacial score (nSPS) is 16.7. The molecule has 1 saturated heterocycles. The summed E-state index contributed by atoms with van der Waals surface area (Å²) in [6, 6.07) is 7.38. The summed E-state index contributed by atoms with van der Waals surface area (Å²) in [5.41, 5.74) is 2.29. The van der Waals surface area contributed by atoms with Crippen molar-refractivity contribution in [3.05, 3.63) is 59.7 Å². The Morgan fingerprint density at radius 3 is 2.67 bits per heavy atom. The smallest absolute Gasteiger partial charge is 0.229 e. The zero-order valence-corrected chi connectivity index (χ0v) is 20.9. The van der Waals surface area contributed by atoms with Gasteiger partial charge in [0.25, 0.3) is 0 Å². The van der Waals surface area contributed by atoms with Crippen molar-refractivity contribution in [2.24, 2.45) is 0 Å². The molecule has 2 N–H and O–H groups in total. The molecule has 1 aliphatic heterocycles. The summed E-state index contributed by atoms with van der Waals surface area (Å²) in [5, 5.41) is 6.47. The second kappa shape index (κ2) is 9.87. The number of halogens is 2. The van der Waals surface area contributed by atoms with Gasteiger partial charge in [-0.1, -0.05) is 6.07 Å². The lowest BCUT2D eigenvalue weighted by atomic mass is 10.1. The van der Waals surface area contributed by atoms with Crippen LogP contribution >= 0.6 is 0 Å². The molecular formula is C26H30F2N8. The summed E-state index contributed by atoms with van der Waals surface area (Å²) >= 11 is 0. The highest BCUT2D eigenvalue weighted by Gasteiger charge is 2.19. The van der Waals surface area contributed by atoms with E-state index in [4.69, 9.17) is 0 Å². The molecule has 4 aromatic rings. The van der Waals surface area contributed by atoms with Crippen LogP contribution in [0.1, 0.15) is 38.2 Å². The lowest BCUT2D eigenvalue weighted by Crippen LogP contribution is -2.48. The zero-order chi connectivity index (χ0) is 25.4. The third-order valence-corrected chi connectivity index (χ3v) is 6.38. The lowest BCUT2D eigenvalue weighted by Gasteiger charge is -2.31. The van der Waals surface area contributed by atoms with E-state index >= 15 is 0 Å². The van der Waals surface area contributed by atoms with E-state index < -0.39 is 11.6 Å². The minimum absolute atomic E-state index is 0.00640. The standard InChI is InChI=1S/C26H30F2N8/c1-15(2)36-17(4)32-25-20(27)9-19(10-22(25)36)24-21(28)12-31-26(34-24)33-23-6-5-18(11-30-23)14-35-8-7-29-16(3)13-35/h5-6,9-12,15-16,29H,7-8,13-14H2,1-4H3,(H,30,31,33,34)/t16-/m1/s1. The van der Waals surface area contributed by atoms with E-state index in [1.54, 1.807) is 6.07 Å². The number of aromatic nitrogens is 5. The molecule has 0 bridgehead atoms. The van der Waals surface area contributed by atoms with E-state index in [9.17, 15) is 8.78 Å². The summed E-state index contributed by atoms with van der Waals surface area (Å²) in [5.74, 6) is 0.258. The minimum atomic E-state index is -0.639. The number of imidazole rings is 1. The molecule has 0 aliphatic carbocycles. The predicted molar refractivity (Wildman–Crippen MR) is 136 cm³/mol. The van der Waals surface area contributed by atoms with Crippen LogP contribution in [0.25, 0.3) is 22.3 Å². The Bertz CT molecular complexity index is 1380. The summed E-state index contributed by atoms with van der Waals surface area (Å²) in [4.78, 5) is 19.6. The molecule has 0 radical (unpaired) electrons. The lowest BCUT2D eigenvalue weighted by molar-refractivity contribution is 0.199. The highest BCUT2D eigenvalue weighted by atomic mass is 19.1. The Morgan fingerprint density at radius 1 is 1.11 bits per heavy atom. The quantitative estimate of drug-likeness (QED) is 0.407. The second-order valence-electron chi connectivity index (χ2n) is 9.61. The van der Waals surface area contributed by atoms with Gasteiger partial charge < -0.3 is 15.2 Å². The number of benzene rings is 1. The number of fused-ring (bicyclic) bond motifs is 1. The van der Waals surface area contributed by atoms with Crippen LogP contribution in [0.3, 0.4) is 0 Å². The molecule has 8 nitrogen and oxygen atoms in total. The highest BCUT2D eigenvalue weighted by Crippen LogP contribution is 2.30. The third kappa shape index (κ3) is 4.91. The number of rotatable bonds is 6. The molecule has 0 unspecified atom stereocenters. The van der Waals surface area contributed by atoms with Gasteiger partial charge in [-0.05, 0) is 51.5 Å². The van der Waals surface area contributed by atoms with Gasteiger partial charge in [-0.3, -0.25) is 4.90 Å². The SMILES string of the molecule is Cc1nc2c(F)cc(-c3nc(Nc4ccc(CN5CCN[C@H](C)C5)cn4)ncc3F)cc2n1C(C)C. The van der Waals surface area contributed by atoms with E-state index in [1.807, 2.05) is 43.7 Å². The average Bonchev–Trinajstić information content (AvgIpc) is 3.18. The molecule has 3 aromatic heterocycles. The zero-order valence-electron chi connectivity index (χ0n) is 20.9. The van der Waals surface area contributed by atoms with Crippen molar-refractivity contribution in [1.82, 2.24) is 34.7 Å². The maximum absolute atomic E-state index is 14.9. The molecule has 5 rings (SSSR count). The van der Waals surface area contributed by atoms with E-state index in [0.717, 1.165) is 37.9 Å². The van der Waals surface area contributed by atoms with E-state index in [1.165, 1.54) is 6.07 Å². The molecule has 1 atom stereocenters. The Hall–Kier alpha value is -3.50. The number of anilines is 2. The fourth-order valence-corrected chi connectivity index (χ4v) is 4.81. The first-order valence-corrected chi connectivity index (χ1v) is 12.2. The van der Waals surface area contributed by atoms with E-state index in [0.29, 0.717) is 28.8 Å². The minimum Gasteiger partial charge on any atom is -0.326 e. The first kappa shape index (κ1) is 24.2. The fraction of sp³-hybridized carbons (Fsp3) is 0.385. The molecule has 10 heteroatoms. The summed E-state index contributed by atoms with van der Waals surface area (Å²) in [6.07, 6.45) is 2.90. The van der Waals surface area contributed by atoms with Crippen LogP contribution in [-0.4, -0.2) is 55.1 Å². The average molecular weight is 493 g/mol. The largest absolute Gasteiger partial charge is 0.326 e. The Morgan fingerprint density at radius 2 is 1.94 bits per heavy atom. The van der Waals surface area contributed by atoms with Gasteiger partial charge in [0.05, 0.1) is 11.7 Å². The first-order chi connectivity index (χ1) is 17.3. The third-order valence-electron chi connectivity index (χ3n) is 6.38. The van der Waals surface area contributed by atoms with Crippen molar-refractivity contribution in [3.63, 3.8) is 0 Å². The van der Waals surface area contributed by atoms with E-state index in [2.05, 4.69) is 42.4 Å². The molecule has 0 spiro atoms. The van der Waals surface area contributed by atoms with Crippen LogP contribution in [0.5, 0.6) is 0 Å². The van der Waals surface area contributed by atoms with Crippen LogP contribution < -0.4 is 10.6 Å². The number of pyridine rings is 1. The summed E-state index contributed by atoms with van der Waals surface area (Å²) in [6.45, 7) is 11.8. The van der Waals surface area contributed by atoms with E-state index in [-0.39, 0.29) is 23.2 Å². The van der Waals surface area contributed by atoms with Crippen molar-refractivity contribution in [1.29, 1.82) is 0 Å². The number of aryl methyl sites for hydroxylation is 1. The van der Waals surface area contributed by atoms with Gasteiger partial charge in [0, 0.05) is 50.0 Å². The van der Waals surface area contributed by atoms with Crippen molar-refractivity contribution in [3.8, 4) is 11.3 Å². The first-order valence-electron chi connectivity index (χ1n) is 12.2. The number of piperazine rings is 1. The maximum Gasteiger partial charge on any atom is 0.229 e. The molecule has 1 aliphatic rings. The molecule has 1 fully saturated rings. The van der Waals surface area contributed by atoms with Gasteiger partial charge in [0.2, 0.25) is 5.95 Å². The molecule has 188 valence electrons. The van der Waals surface area contributed by atoms with Gasteiger partial charge in [-0.25, -0.2) is 28.7 Å². The molecule has 0 saturated carbocycles. The van der Waals surface area contributed by atoms with Gasteiger partial charge >= 0.3 is 0 Å².